The fraction of sp³-hybridized carbons (Fsp3) is 0.267. The predicted octanol–water partition coefficient (Wildman–Crippen LogP) is 3.97. The van der Waals surface area contributed by atoms with Gasteiger partial charge >= 0.3 is 0 Å². The van der Waals surface area contributed by atoms with Gasteiger partial charge in [0.15, 0.2) is 0 Å². The highest BCUT2D eigenvalue weighted by Gasteiger charge is 2.09. The highest BCUT2D eigenvalue weighted by Crippen LogP contribution is 2.27. The van der Waals surface area contributed by atoms with E-state index in [1.165, 1.54) is 21.9 Å². The van der Waals surface area contributed by atoms with E-state index in [4.69, 9.17) is 11.6 Å². The van der Waals surface area contributed by atoms with Crippen LogP contribution < -0.4 is 10.9 Å². The van der Waals surface area contributed by atoms with Crippen LogP contribution in [0.5, 0.6) is 0 Å². The van der Waals surface area contributed by atoms with Gasteiger partial charge in [0.1, 0.15) is 0 Å². The maximum atomic E-state index is 12.0. The van der Waals surface area contributed by atoms with Crippen LogP contribution in [0, 0.1) is 0 Å². The second kappa shape index (κ2) is 6.90. The molecule has 3 rings (SSSR count). The molecule has 0 saturated carbocycles. The Morgan fingerprint density at radius 1 is 1.39 bits per heavy atom. The minimum atomic E-state index is -0.157. The van der Waals surface area contributed by atoms with Crippen molar-refractivity contribution in [3.63, 3.8) is 0 Å². The molecule has 0 bridgehead atoms. The molecule has 0 saturated heterocycles. The van der Waals surface area contributed by atoms with Gasteiger partial charge in [-0.05, 0) is 36.4 Å². The minimum Gasteiger partial charge on any atom is -0.330 e. The molecule has 0 fully saturated rings. The summed E-state index contributed by atoms with van der Waals surface area (Å²) in [5, 5.41) is 8.89. The van der Waals surface area contributed by atoms with Crippen LogP contribution in [0.4, 0.5) is 10.8 Å². The third-order valence-corrected chi connectivity index (χ3v) is 5.05. The molecule has 0 radical (unpaired) electrons. The highest BCUT2D eigenvalue weighted by molar-refractivity contribution is 7.97. The number of fused-ring (bicyclic) bond motifs is 1. The number of anilines is 2. The molecule has 2 aromatic heterocycles. The summed E-state index contributed by atoms with van der Waals surface area (Å²) in [6.45, 7) is 1.97. The van der Waals surface area contributed by atoms with E-state index in [0.29, 0.717) is 10.1 Å². The first-order valence-corrected chi connectivity index (χ1v) is 9.63. The number of halogens is 1. The lowest BCUT2D eigenvalue weighted by Gasteiger charge is -2.06. The van der Waals surface area contributed by atoms with Crippen molar-refractivity contribution in [1.82, 2.24) is 14.6 Å². The Bertz CT molecular complexity index is 906. The summed E-state index contributed by atoms with van der Waals surface area (Å²) < 4.78 is 1.32. The lowest BCUT2D eigenvalue weighted by molar-refractivity contribution is 0.879. The predicted molar refractivity (Wildman–Crippen MR) is 98.5 cm³/mol. The quantitative estimate of drug-likeness (QED) is 0.740. The first kappa shape index (κ1) is 16.3. The zero-order valence-corrected chi connectivity index (χ0v) is 15.1. The molecule has 23 heavy (non-hydrogen) atoms. The molecule has 0 aliphatic heterocycles. The lowest BCUT2D eigenvalue weighted by atomic mass is 10.2. The molecule has 2 heterocycles. The van der Waals surface area contributed by atoms with Crippen molar-refractivity contribution in [2.24, 2.45) is 0 Å². The van der Waals surface area contributed by atoms with Gasteiger partial charge in [-0.1, -0.05) is 29.9 Å². The highest BCUT2D eigenvalue weighted by atomic mass is 35.5. The smallest absolute Gasteiger partial charge is 0.275 e. The number of hydrogen-bond donors (Lipinski definition) is 1. The van der Waals surface area contributed by atoms with Gasteiger partial charge < -0.3 is 5.32 Å². The summed E-state index contributed by atoms with van der Waals surface area (Å²) >= 11 is 9.25. The zero-order valence-electron chi connectivity index (χ0n) is 12.7. The Kier molecular flexibility index (Phi) is 4.89. The Morgan fingerprint density at radius 3 is 2.96 bits per heavy atom. The maximum absolute atomic E-state index is 12.0. The van der Waals surface area contributed by atoms with Gasteiger partial charge in [0.25, 0.3) is 5.56 Å². The van der Waals surface area contributed by atoms with Crippen molar-refractivity contribution in [2.45, 2.75) is 19.1 Å². The van der Waals surface area contributed by atoms with Crippen molar-refractivity contribution in [1.29, 1.82) is 0 Å². The van der Waals surface area contributed by atoms with Crippen LogP contribution >= 0.6 is 34.7 Å². The molecule has 0 spiro atoms. The van der Waals surface area contributed by atoms with Crippen LogP contribution in [0.2, 0.25) is 5.02 Å². The van der Waals surface area contributed by atoms with E-state index in [2.05, 4.69) is 15.4 Å². The summed E-state index contributed by atoms with van der Waals surface area (Å²) in [5.74, 6) is 0.842. The van der Waals surface area contributed by atoms with E-state index in [0.717, 1.165) is 34.1 Å². The molecule has 0 atom stereocenters. The third-order valence-electron chi connectivity index (χ3n) is 3.26. The summed E-state index contributed by atoms with van der Waals surface area (Å²) in [7, 11) is 0. The molecule has 1 aromatic carbocycles. The van der Waals surface area contributed by atoms with E-state index < -0.39 is 0 Å². The summed E-state index contributed by atoms with van der Waals surface area (Å²) in [6, 6.07) is 7.28. The Morgan fingerprint density at radius 2 is 2.22 bits per heavy atom. The second-order valence-electron chi connectivity index (χ2n) is 4.91. The number of thioether (sulfide) groups is 1. The van der Waals surface area contributed by atoms with E-state index in [1.807, 2.05) is 31.4 Å². The van der Waals surface area contributed by atoms with Crippen molar-refractivity contribution in [2.75, 3.05) is 11.6 Å². The summed E-state index contributed by atoms with van der Waals surface area (Å²) in [4.78, 5) is 17.1. The van der Waals surface area contributed by atoms with Gasteiger partial charge in [0.2, 0.25) is 10.1 Å². The van der Waals surface area contributed by atoms with E-state index in [-0.39, 0.29) is 5.56 Å². The largest absolute Gasteiger partial charge is 0.330 e. The van der Waals surface area contributed by atoms with Gasteiger partial charge in [-0.3, -0.25) is 4.79 Å². The van der Waals surface area contributed by atoms with Gasteiger partial charge in [-0.25, -0.2) is 4.98 Å². The molecule has 0 aliphatic rings. The van der Waals surface area contributed by atoms with Gasteiger partial charge in [0.05, 0.1) is 0 Å². The molecule has 0 aliphatic carbocycles. The van der Waals surface area contributed by atoms with E-state index >= 15 is 0 Å². The van der Waals surface area contributed by atoms with Crippen molar-refractivity contribution < 1.29 is 0 Å². The van der Waals surface area contributed by atoms with Crippen molar-refractivity contribution in [3.05, 3.63) is 50.9 Å². The number of rotatable bonds is 5. The number of benzene rings is 1. The van der Waals surface area contributed by atoms with Gasteiger partial charge in [-0.15, -0.1) is 5.10 Å². The maximum Gasteiger partial charge on any atom is 0.275 e. The molecule has 8 heteroatoms. The zero-order chi connectivity index (χ0) is 16.4. The third kappa shape index (κ3) is 3.52. The molecular formula is C15H15ClN4OS2. The Labute approximate surface area is 146 Å². The van der Waals surface area contributed by atoms with Crippen LogP contribution in [0.25, 0.3) is 4.96 Å². The first-order chi connectivity index (χ1) is 11.1. The fourth-order valence-electron chi connectivity index (χ4n) is 2.13. The molecule has 1 N–H and O–H groups in total. The molecule has 0 amide bonds. The summed E-state index contributed by atoms with van der Waals surface area (Å²) in [6.07, 6.45) is 2.76. The van der Waals surface area contributed by atoms with E-state index in [1.54, 1.807) is 11.8 Å². The number of nitrogens with one attached hydrogen (secondary N) is 1. The van der Waals surface area contributed by atoms with Crippen molar-refractivity contribution >= 4 is 50.5 Å². The molecular weight excluding hydrogens is 352 g/mol. The minimum absolute atomic E-state index is 0.157. The Balaban J connectivity index is 1.94. The molecule has 3 aromatic rings. The second-order valence-corrected chi connectivity index (χ2v) is 7.13. The topological polar surface area (TPSA) is 59.3 Å². The first-order valence-electron chi connectivity index (χ1n) is 7.05. The summed E-state index contributed by atoms with van der Waals surface area (Å²) in [5.41, 5.74) is 2.57. The standard InChI is InChI=1S/C15H15ClN4OS2/c1-3-10-7-13(21)20-15(18-10)23-14(19-20)17-11-4-5-12(16)9(6-11)8-22-2/h4-7H,3,8H2,1-2H3,(H,17,19). The van der Waals surface area contributed by atoms with Crippen LogP contribution in [-0.4, -0.2) is 20.9 Å². The average Bonchev–Trinajstić information content (AvgIpc) is 2.94. The van der Waals surface area contributed by atoms with Crippen LogP contribution in [0.1, 0.15) is 18.2 Å². The number of nitrogens with zero attached hydrogens (tertiary/aromatic N) is 3. The fourth-order valence-corrected chi connectivity index (χ4v) is 3.79. The molecule has 0 unspecified atom stereocenters. The lowest BCUT2D eigenvalue weighted by Crippen LogP contribution is -2.15. The normalized spacial score (nSPS) is 11.1. The number of hydrogen-bond acceptors (Lipinski definition) is 6. The Hall–Kier alpha value is -1.57. The number of aryl methyl sites for hydroxylation is 1. The molecule has 5 nitrogen and oxygen atoms in total. The number of aromatic nitrogens is 3. The molecule has 120 valence electrons. The van der Waals surface area contributed by atoms with Crippen molar-refractivity contribution in [3.8, 4) is 0 Å². The average molecular weight is 367 g/mol. The van der Waals surface area contributed by atoms with E-state index in [9.17, 15) is 4.79 Å². The van der Waals surface area contributed by atoms with Gasteiger partial charge in [0, 0.05) is 28.2 Å². The monoisotopic (exact) mass is 366 g/mol. The SMILES string of the molecule is CCc1cc(=O)n2nc(Nc3ccc(Cl)c(CSC)c3)sc2n1. The van der Waals surface area contributed by atoms with Gasteiger partial charge in [-0.2, -0.15) is 16.3 Å². The van der Waals surface area contributed by atoms with Crippen LogP contribution in [0.3, 0.4) is 0 Å². The van der Waals surface area contributed by atoms with Crippen LogP contribution in [-0.2, 0) is 12.2 Å². The van der Waals surface area contributed by atoms with Crippen LogP contribution in [0.15, 0.2) is 29.1 Å².